The Hall–Kier alpha value is -1.71. The second-order valence-corrected chi connectivity index (χ2v) is 7.73. The molecule has 2 heterocycles. The van der Waals surface area contributed by atoms with Crippen LogP contribution < -0.4 is 5.32 Å². The Morgan fingerprint density at radius 2 is 2.18 bits per heavy atom. The van der Waals surface area contributed by atoms with Gasteiger partial charge in [0.05, 0.1) is 17.2 Å². The highest BCUT2D eigenvalue weighted by Gasteiger charge is 2.28. The molecule has 2 rings (SSSR count). The molecule has 2 amide bonds. The van der Waals surface area contributed by atoms with Gasteiger partial charge in [-0.05, 0) is 5.92 Å². The molecule has 0 saturated carbocycles. The minimum atomic E-state index is -3.18. The van der Waals surface area contributed by atoms with Gasteiger partial charge < -0.3 is 10.2 Å². The van der Waals surface area contributed by atoms with E-state index in [1.165, 1.54) is 22.8 Å². The minimum Gasteiger partial charge on any atom is -0.323 e. The van der Waals surface area contributed by atoms with E-state index < -0.39 is 28.0 Å². The Kier molecular flexibility index (Phi) is 4.69. The summed E-state index contributed by atoms with van der Waals surface area (Å²) in [5.74, 6) is -0.312. The molecular weight excluding hydrogens is 318 g/mol. The first kappa shape index (κ1) is 16.7. The largest absolute Gasteiger partial charge is 0.323 e. The van der Waals surface area contributed by atoms with Gasteiger partial charge in [-0.2, -0.15) is 5.10 Å². The maximum absolute atomic E-state index is 12.8. The average Bonchev–Trinajstić information content (AvgIpc) is 2.67. The first-order valence-corrected chi connectivity index (χ1v) is 8.58. The lowest BCUT2D eigenvalue weighted by Crippen LogP contribution is -2.38. The Labute approximate surface area is 127 Å². The number of hydrogen-bond acceptors (Lipinski definition) is 4. The summed E-state index contributed by atoms with van der Waals surface area (Å²) in [7, 11) is -1.71. The normalized spacial score (nSPS) is 21.7. The Morgan fingerprint density at radius 3 is 2.82 bits per heavy atom. The van der Waals surface area contributed by atoms with Crippen molar-refractivity contribution in [2.24, 2.45) is 13.0 Å². The SMILES string of the molecule is CC1CN(C(=O)Nc2cn(C)nc2C(F)F)CCS(=O)(=O)C1. The number of nitrogens with one attached hydrogen (secondary N) is 1. The molecule has 7 nitrogen and oxygen atoms in total. The molecule has 0 spiro atoms. The van der Waals surface area contributed by atoms with Gasteiger partial charge in [0.1, 0.15) is 0 Å². The number of anilines is 1. The van der Waals surface area contributed by atoms with Crippen molar-refractivity contribution >= 4 is 21.6 Å². The van der Waals surface area contributed by atoms with Crippen molar-refractivity contribution < 1.29 is 22.0 Å². The van der Waals surface area contributed by atoms with E-state index in [4.69, 9.17) is 0 Å². The number of carbonyl (C=O) groups excluding carboxylic acids is 1. The van der Waals surface area contributed by atoms with Crippen molar-refractivity contribution in [1.29, 1.82) is 0 Å². The molecule has 1 saturated heterocycles. The Morgan fingerprint density at radius 1 is 1.50 bits per heavy atom. The molecule has 22 heavy (non-hydrogen) atoms. The van der Waals surface area contributed by atoms with Crippen LogP contribution in [0.1, 0.15) is 19.0 Å². The summed E-state index contributed by atoms with van der Waals surface area (Å²) in [5, 5.41) is 5.99. The van der Waals surface area contributed by atoms with Crippen LogP contribution in [0.15, 0.2) is 6.20 Å². The first-order chi connectivity index (χ1) is 10.2. The molecule has 0 aliphatic carbocycles. The number of urea groups is 1. The van der Waals surface area contributed by atoms with Crippen LogP contribution in [-0.2, 0) is 16.9 Å². The van der Waals surface area contributed by atoms with E-state index in [9.17, 15) is 22.0 Å². The zero-order valence-corrected chi connectivity index (χ0v) is 13.1. The van der Waals surface area contributed by atoms with E-state index >= 15 is 0 Å². The lowest BCUT2D eigenvalue weighted by molar-refractivity contribution is 0.146. The highest BCUT2D eigenvalue weighted by Crippen LogP contribution is 2.25. The van der Waals surface area contributed by atoms with Crippen molar-refractivity contribution in [3.8, 4) is 0 Å². The van der Waals surface area contributed by atoms with E-state index in [1.54, 1.807) is 6.92 Å². The van der Waals surface area contributed by atoms with Gasteiger partial charge in [0.2, 0.25) is 0 Å². The van der Waals surface area contributed by atoms with Crippen LogP contribution in [0.25, 0.3) is 0 Å². The van der Waals surface area contributed by atoms with Crippen LogP contribution in [0.3, 0.4) is 0 Å². The monoisotopic (exact) mass is 336 g/mol. The molecule has 1 unspecified atom stereocenters. The molecule has 1 aliphatic rings. The van der Waals surface area contributed by atoms with E-state index in [-0.39, 0.29) is 36.2 Å². The van der Waals surface area contributed by atoms with E-state index in [2.05, 4.69) is 10.4 Å². The van der Waals surface area contributed by atoms with E-state index in [1.807, 2.05) is 0 Å². The fourth-order valence-electron chi connectivity index (χ4n) is 2.43. The third kappa shape index (κ3) is 3.93. The molecule has 0 bridgehead atoms. The number of aromatic nitrogens is 2. The third-order valence-corrected chi connectivity index (χ3v) is 5.22. The maximum atomic E-state index is 12.8. The summed E-state index contributed by atoms with van der Waals surface area (Å²) in [6.07, 6.45) is -1.52. The van der Waals surface area contributed by atoms with Crippen molar-refractivity contribution in [2.45, 2.75) is 13.3 Å². The molecule has 1 fully saturated rings. The smallest absolute Gasteiger partial charge is 0.321 e. The van der Waals surface area contributed by atoms with Gasteiger partial charge >= 0.3 is 6.03 Å². The predicted octanol–water partition coefficient (Wildman–Crippen LogP) is 1.26. The molecule has 1 aromatic heterocycles. The van der Waals surface area contributed by atoms with Crippen LogP contribution in [0.4, 0.5) is 19.3 Å². The first-order valence-electron chi connectivity index (χ1n) is 6.76. The maximum Gasteiger partial charge on any atom is 0.321 e. The molecule has 1 atom stereocenters. The van der Waals surface area contributed by atoms with Crippen LogP contribution in [0.5, 0.6) is 0 Å². The molecule has 124 valence electrons. The number of amides is 2. The summed E-state index contributed by atoms with van der Waals surface area (Å²) < 4.78 is 50.2. The van der Waals surface area contributed by atoms with Gasteiger partial charge in [-0.25, -0.2) is 22.0 Å². The molecule has 1 aromatic rings. The molecule has 1 aliphatic heterocycles. The van der Waals surface area contributed by atoms with Gasteiger partial charge in [0.25, 0.3) is 6.43 Å². The van der Waals surface area contributed by atoms with Gasteiger partial charge in [0.15, 0.2) is 15.5 Å². The number of rotatable bonds is 2. The van der Waals surface area contributed by atoms with Gasteiger partial charge in [-0.3, -0.25) is 4.68 Å². The third-order valence-electron chi connectivity index (χ3n) is 3.34. The van der Waals surface area contributed by atoms with Crippen molar-refractivity contribution in [2.75, 3.05) is 29.9 Å². The van der Waals surface area contributed by atoms with Crippen LogP contribution >= 0.6 is 0 Å². The molecular formula is C12H18F2N4O3S. The number of aryl methyl sites for hydroxylation is 1. The fourth-order valence-corrected chi connectivity index (χ4v) is 4.07. The summed E-state index contributed by atoms with van der Waals surface area (Å²) in [6.45, 7) is 2.04. The number of sulfone groups is 1. The summed E-state index contributed by atoms with van der Waals surface area (Å²) >= 11 is 0. The Balaban J connectivity index is 2.12. The lowest BCUT2D eigenvalue weighted by atomic mass is 10.2. The number of carbonyl (C=O) groups is 1. The van der Waals surface area contributed by atoms with Crippen LogP contribution in [0.2, 0.25) is 0 Å². The standard InChI is InChI=1S/C12H18F2N4O3S/c1-8-5-18(3-4-22(20,21)7-8)12(19)15-9-6-17(2)16-10(9)11(13)14/h6,8,11H,3-5,7H2,1-2H3,(H,15,19). The zero-order valence-electron chi connectivity index (χ0n) is 12.3. The second-order valence-electron chi connectivity index (χ2n) is 5.50. The fraction of sp³-hybridized carbons (Fsp3) is 0.667. The zero-order chi connectivity index (χ0) is 16.5. The minimum absolute atomic E-state index is 0.0198. The molecule has 10 heteroatoms. The number of nitrogens with zero attached hydrogens (tertiary/aromatic N) is 3. The molecule has 0 aromatic carbocycles. The van der Waals surface area contributed by atoms with Crippen molar-refractivity contribution in [3.05, 3.63) is 11.9 Å². The van der Waals surface area contributed by atoms with Gasteiger partial charge in [0, 0.05) is 26.3 Å². The topological polar surface area (TPSA) is 84.3 Å². The lowest BCUT2D eigenvalue weighted by Gasteiger charge is -2.22. The summed E-state index contributed by atoms with van der Waals surface area (Å²) in [6, 6.07) is -0.598. The number of halogens is 2. The van der Waals surface area contributed by atoms with E-state index in [0.717, 1.165) is 0 Å². The van der Waals surface area contributed by atoms with Crippen LogP contribution in [0, 0.1) is 5.92 Å². The highest BCUT2D eigenvalue weighted by molar-refractivity contribution is 7.91. The molecule has 0 radical (unpaired) electrons. The highest BCUT2D eigenvalue weighted by atomic mass is 32.2. The number of alkyl halides is 2. The quantitative estimate of drug-likeness (QED) is 0.881. The van der Waals surface area contributed by atoms with Crippen molar-refractivity contribution in [1.82, 2.24) is 14.7 Å². The summed E-state index contributed by atoms with van der Waals surface area (Å²) in [5.41, 5.74) is -0.575. The summed E-state index contributed by atoms with van der Waals surface area (Å²) in [4.78, 5) is 13.5. The number of hydrogen-bond donors (Lipinski definition) is 1. The van der Waals surface area contributed by atoms with Gasteiger partial charge in [-0.1, -0.05) is 6.92 Å². The van der Waals surface area contributed by atoms with E-state index in [0.29, 0.717) is 0 Å². The predicted molar refractivity (Wildman–Crippen MR) is 76.6 cm³/mol. The second kappa shape index (κ2) is 6.19. The molecule has 1 N–H and O–H groups in total. The van der Waals surface area contributed by atoms with Crippen molar-refractivity contribution in [3.63, 3.8) is 0 Å². The van der Waals surface area contributed by atoms with Gasteiger partial charge in [-0.15, -0.1) is 0 Å². The van der Waals surface area contributed by atoms with Crippen LogP contribution in [-0.4, -0.2) is 53.7 Å². The Bertz CT molecular complexity index is 659. The average molecular weight is 336 g/mol.